The lowest BCUT2D eigenvalue weighted by Gasteiger charge is -2.62. The molecule has 26 heavy (non-hydrogen) atoms. The molecule has 1 N–H and O–H groups in total. The van der Waals surface area contributed by atoms with Crippen molar-refractivity contribution in [1.29, 1.82) is 0 Å². The second-order valence-corrected chi connectivity index (χ2v) is 11.4. The molecule has 2 heteroatoms. The lowest BCUT2D eigenvalue weighted by atomic mass is 9.42. The molecule has 4 fully saturated rings. The molecule has 8 unspecified atom stereocenters. The summed E-state index contributed by atoms with van der Waals surface area (Å²) < 4.78 is 0. The average molecular weight is 361 g/mol. The molecule has 0 aromatic rings. The first-order valence-corrected chi connectivity index (χ1v) is 11.4. The Balaban J connectivity index is 1.63. The summed E-state index contributed by atoms with van der Waals surface area (Å²) in [6, 6.07) is 0. The second kappa shape index (κ2) is 6.33. The maximum absolute atomic E-state index is 12.4. The van der Waals surface area contributed by atoms with Gasteiger partial charge in [0.25, 0.3) is 0 Å². The van der Waals surface area contributed by atoms with Gasteiger partial charge in [0.15, 0.2) is 0 Å². The molecule has 0 saturated heterocycles. The minimum absolute atomic E-state index is 0.255. The summed E-state index contributed by atoms with van der Waals surface area (Å²) in [5.41, 5.74) is 0.210. The van der Waals surface area contributed by atoms with E-state index in [-0.39, 0.29) is 5.41 Å². The number of fused-ring (bicyclic) bond motifs is 5. The molecule has 0 aliphatic heterocycles. The number of rotatable bonds is 1. The molecule has 0 amide bonds. The average Bonchev–Trinajstić information content (AvgIpc) is 2.67. The van der Waals surface area contributed by atoms with Crippen molar-refractivity contribution in [1.82, 2.24) is 0 Å². The third-order valence-corrected chi connectivity index (χ3v) is 9.91. The lowest BCUT2D eigenvalue weighted by Crippen LogP contribution is -2.56. The van der Waals surface area contributed by atoms with Gasteiger partial charge in [-0.1, -0.05) is 26.7 Å². The number of carbonyl (C=O) groups is 1. The maximum atomic E-state index is 12.4. The van der Waals surface area contributed by atoms with E-state index >= 15 is 0 Å². The number of aliphatic hydroxyl groups is 1. The summed E-state index contributed by atoms with van der Waals surface area (Å²) in [6.45, 7) is 8.95. The van der Waals surface area contributed by atoms with Gasteiger partial charge in [-0.15, -0.1) is 0 Å². The Labute approximate surface area is 160 Å². The van der Waals surface area contributed by atoms with Crippen LogP contribution in [0.2, 0.25) is 0 Å². The van der Waals surface area contributed by atoms with Gasteiger partial charge < -0.3 is 5.11 Å². The van der Waals surface area contributed by atoms with Gasteiger partial charge in [-0.3, -0.25) is 4.79 Å². The number of hydrogen-bond acceptors (Lipinski definition) is 2. The predicted octanol–water partition coefficient (Wildman–Crippen LogP) is 5.77. The highest BCUT2D eigenvalue weighted by Crippen LogP contribution is 2.66. The zero-order chi connectivity index (χ0) is 18.7. The van der Waals surface area contributed by atoms with Crippen LogP contribution < -0.4 is 0 Å². The summed E-state index contributed by atoms with van der Waals surface area (Å²) in [5, 5.41) is 10.8. The smallest absolute Gasteiger partial charge is 0.133 e. The SMILES string of the molecule is CC(=O)C1CCCC2C3CCC4CC(C)(O)CCCC4(C)C3CCC12C. The van der Waals surface area contributed by atoms with Crippen LogP contribution in [0.1, 0.15) is 98.3 Å². The standard InChI is InChI=1S/C24H40O2/c1-16(25)19-7-5-8-20-18-10-9-17-15-22(2,26)12-6-13-23(17,3)21(18)11-14-24(19,20)4/h17-21,26H,5-15H2,1-4H3. The van der Waals surface area contributed by atoms with Crippen LogP contribution in [0.15, 0.2) is 0 Å². The van der Waals surface area contributed by atoms with Crippen molar-refractivity contribution in [3.05, 3.63) is 0 Å². The molecule has 4 aliphatic rings. The van der Waals surface area contributed by atoms with E-state index in [0.29, 0.717) is 23.0 Å². The zero-order valence-corrected chi connectivity index (χ0v) is 17.5. The van der Waals surface area contributed by atoms with E-state index in [1.54, 1.807) is 0 Å². The Kier molecular flexibility index (Phi) is 4.61. The molecule has 8 atom stereocenters. The fraction of sp³-hybridized carbons (Fsp3) is 0.958. The van der Waals surface area contributed by atoms with Crippen LogP contribution in [-0.4, -0.2) is 16.5 Å². The van der Waals surface area contributed by atoms with Gasteiger partial charge >= 0.3 is 0 Å². The molecule has 4 aliphatic carbocycles. The highest BCUT2D eigenvalue weighted by atomic mass is 16.3. The molecule has 0 bridgehead atoms. The first kappa shape index (κ1) is 19.0. The molecule has 0 radical (unpaired) electrons. The van der Waals surface area contributed by atoms with Crippen molar-refractivity contribution < 1.29 is 9.90 Å². The fourth-order valence-corrected chi connectivity index (χ4v) is 8.61. The predicted molar refractivity (Wildman–Crippen MR) is 106 cm³/mol. The summed E-state index contributed by atoms with van der Waals surface area (Å²) in [7, 11) is 0. The van der Waals surface area contributed by atoms with Gasteiger partial charge in [0.2, 0.25) is 0 Å². The first-order valence-electron chi connectivity index (χ1n) is 11.4. The quantitative estimate of drug-likeness (QED) is 0.645. The molecule has 0 spiro atoms. The van der Waals surface area contributed by atoms with Gasteiger partial charge in [0.1, 0.15) is 5.78 Å². The van der Waals surface area contributed by atoms with Gasteiger partial charge in [0, 0.05) is 5.92 Å². The lowest BCUT2D eigenvalue weighted by molar-refractivity contribution is -0.151. The highest BCUT2D eigenvalue weighted by Gasteiger charge is 2.59. The van der Waals surface area contributed by atoms with Crippen molar-refractivity contribution in [2.24, 2.45) is 40.4 Å². The summed E-state index contributed by atoms with van der Waals surface area (Å²) in [6.07, 6.45) is 13.4. The van der Waals surface area contributed by atoms with E-state index in [1.807, 2.05) is 6.92 Å². The van der Waals surface area contributed by atoms with Crippen molar-refractivity contribution in [3.8, 4) is 0 Å². The molecule has 0 heterocycles. The summed E-state index contributed by atoms with van der Waals surface area (Å²) in [5.74, 6) is 3.84. The second-order valence-electron chi connectivity index (χ2n) is 11.4. The van der Waals surface area contributed by atoms with Crippen LogP contribution >= 0.6 is 0 Å². The van der Waals surface area contributed by atoms with Gasteiger partial charge in [-0.2, -0.15) is 0 Å². The minimum atomic E-state index is -0.455. The molecule has 0 aromatic heterocycles. The number of hydrogen-bond donors (Lipinski definition) is 1. The van der Waals surface area contributed by atoms with Gasteiger partial charge in [-0.05, 0) is 106 Å². The molecule has 2 nitrogen and oxygen atoms in total. The van der Waals surface area contributed by atoms with Crippen LogP contribution in [0.5, 0.6) is 0 Å². The van der Waals surface area contributed by atoms with Crippen LogP contribution in [0.25, 0.3) is 0 Å². The molecular formula is C24H40O2. The van der Waals surface area contributed by atoms with Crippen molar-refractivity contribution in [2.45, 2.75) is 104 Å². The number of Topliss-reactive ketones (excluding diaryl/α,β-unsaturated/α-hetero) is 1. The third-order valence-electron chi connectivity index (χ3n) is 9.91. The highest BCUT2D eigenvalue weighted by molar-refractivity contribution is 5.79. The summed E-state index contributed by atoms with van der Waals surface area (Å²) >= 11 is 0. The van der Waals surface area contributed by atoms with Crippen LogP contribution in [0, 0.1) is 40.4 Å². The topological polar surface area (TPSA) is 37.3 Å². The van der Waals surface area contributed by atoms with Crippen LogP contribution in [0.3, 0.4) is 0 Å². The first-order chi connectivity index (χ1) is 12.2. The Morgan fingerprint density at radius 1 is 0.846 bits per heavy atom. The Morgan fingerprint density at radius 3 is 2.31 bits per heavy atom. The largest absolute Gasteiger partial charge is 0.390 e. The van der Waals surface area contributed by atoms with E-state index in [2.05, 4.69) is 20.8 Å². The van der Waals surface area contributed by atoms with E-state index in [1.165, 1.54) is 51.4 Å². The van der Waals surface area contributed by atoms with E-state index < -0.39 is 5.60 Å². The molecule has 4 rings (SSSR count). The minimum Gasteiger partial charge on any atom is -0.390 e. The van der Waals surface area contributed by atoms with E-state index in [0.717, 1.165) is 37.0 Å². The van der Waals surface area contributed by atoms with Crippen molar-refractivity contribution >= 4 is 5.78 Å². The Hall–Kier alpha value is -0.370. The maximum Gasteiger partial charge on any atom is 0.133 e. The normalized spacial score (nSPS) is 54.4. The fourth-order valence-electron chi connectivity index (χ4n) is 8.61. The zero-order valence-electron chi connectivity index (χ0n) is 17.5. The van der Waals surface area contributed by atoms with Gasteiger partial charge in [0.05, 0.1) is 5.60 Å². The number of ketones is 1. The van der Waals surface area contributed by atoms with E-state index in [4.69, 9.17) is 0 Å². The van der Waals surface area contributed by atoms with Crippen LogP contribution in [-0.2, 0) is 4.79 Å². The monoisotopic (exact) mass is 360 g/mol. The van der Waals surface area contributed by atoms with Crippen molar-refractivity contribution in [3.63, 3.8) is 0 Å². The van der Waals surface area contributed by atoms with Gasteiger partial charge in [-0.25, -0.2) is 0 Å². The summed E-state index contributed by atoms with van der Waals surface area (Å²) in [4.78, 5) is 12.4. The molecule has 148 valence electrons. The van der Waals surface area contributed by atoms with E-state index in [9.17, 15) is 9.90 Å². The Morgan fingerprint density at radius 2 is 1.58 bits per heavy atom. The molecular weight excluding hydrogens is 320 g/mol. The Bertz CT molecular complexity index is 567. The van der Waals surface area contributed by atoms with Crippen LogP contribution in [0.4, 0.5) is 0 Å². The van der Waals surface area contributed by atoms with Crippen molar-refractivity contribution in [2.75, 3.05) is 0 Å². The molecule has 0 aromatic carbocycles. The third kappa shape index (κ3) is 2.81. The number of carbonyl (C=O) groups excluding carboxylic acids is 1. The molecule has 4 saturated carbocycles.